The summed E-state index contributed by atoms with van der Waals surface area (Å²) in [5.41, 5.74) is 7.83. The topological polar surface area (TPSA) is 59.6 Å². The number of H-pyrrole nitrogens is 1. The van der Waals surface area contributed by atoms with E-state index in [9.17, 15) is 0 Å². The van der Waals surface area contributed by atoms with Crippen LogP contribution in [0, 0.1) is 0 Å². The summed E-state index contributed by atoms with van der Waals surface area (Å²) >= 11 is 0. The molecule has 13 heavy (non-hydrogen) atoms. The molecular weight excluding hydrogens is 164 g/mol. The van der Waals surface area contributed by atoms with E-state index in [0.29, 0.717) is 0 Å². The Kier molecular flexibility index (Phi) is 1.90. The van der Waals surface area contributed by atoms with Crippen molar-refractivity contribution < 1.29 is 0 Å². The number of aryl methyl sites for hydroxylation is 1. The van der Waals surface area contributed by atoms with E-state index in [-0.39, 0.29) is 6.04 Å². The number of rotatable bonds is 2. The normalized spacial score (nSPS) is 13.1. The first-order chi connectivity index (χ1) is 6.27. The second kappa shape index (κ2) is 3.06. The Morgan fingerprint density at radius 1 is 1.62 bits per heavy atom. The number of aromatic nitrogens is 3. The van der Waals surface area contributed by atoms with Crippen LogP contribution in [0.15, 0.2) is 30.9 Å². The van der Waals surface area contributed by atoms with Crippen LogP contribution in [-0.2, 0) is 7.05 Å². The molecule has 4 nitrogen and oxygen atoms in total. The standard InChI is InChI=1S/C9H12N4/c1-13-5-8(12-6-13)9(10)7-3-2-4-11-7/h2-6,9,11H,10H2,1H3. The lowest BCUT2D eigenvalue weighted by molar-refractivity contribution is 0.807. The van der Waals surface area contributed by atoms with Crippen molar-refractivity contribution in [3.63, 3.8) is 0 Å². The van der Waals surface area contributed by atoms with Gasteiger partial charge in [-0.3, -0.25) is 0 Å². The number of nitrogens with two attached hydrogens (primary N) is 1. The van der Waals surface area contributed by atoms with Gasteiger partial charge in [-0.15, -0.1) is 0 Å². The zero-order chi connectivity index (χ0) is 9.26. The van der Waals surface area contributed by atoms with Crippen LogP contribution in [-0.4, -0.2) is 14.5 Å². The predicted molar refractivity (Wildman–Crippen MR) is 50.0 cm³/mol. The Morgan fingerprint density at radius 3 is 3.00 bits per heavy atom. The van der Waals surface area contributed by atoms with Gasteiger partial charge in [0, 0.05) is 25.1 Å². The Morgan fingerprint density at radius 2 is 2.46 bits per heavy atom. The van der Waals surface area contributed by atoms with E-state index in [1.807, 2.05) is 36.1 Å². The smallest absolute Gasteiger partial charge is 0.0947 e. The van der Waals surface area contributed by atoms with Crippen molar-refractivity contribution >= 4 is 0 Å². The van der Waals surface area contributed by atoms with Crippen molar-refractivity contribution in [2.75, 3.05) is 0 Å². The van der Waals surface area contributed by atoms with Gasteiger partial charge in [-0.25, -0.2) is 4.98 Å². The molecule has 0 saturated carbocycles. The number of nitrogens with zero attached hydrogens (tertiary/aromatic N) is 2. The van der Waals surface area contributed by atoms with E-state index >= 15 is 0 Å². The van der Waals surface area contributed by atoms with Gasteiger partial charge in [0.25, 0.3) is 0 Å². The third-order valence-electron chi connectivity index (χ3n) is 2.00. The molecule has 0 aliphatic carbocycles. The van der Waals surface area contributed by atoms with Gasteiger partial charge < -0.3 is 15.3 Å². The molecule has 0 spiro atoms. The summed E-state index contributed by atoms with van der Waals surface area (Å²) in [5.74, 6) is 0. The highest BCUT2D eigenvalue weighted by Crippen LogP contribution is 2.14. The number of nitrogens with one attached hydrogen (secondary N) is 1. The molecule has 1 unspecified atom stereocenters. The SMILES string of the molecule is Cn1cnc(C(N)c2ccc[nH]2)c1. The van der Waals surface area contributed by atoms with E-state index in [1.54, 1.807) is 6.33 Å². The molecule has 0 fully saturated rings. The van der Waals surface area contributed by atoms with E-state index in [1.165, 1.54) is 0 Å². The summed E-state index contributed by atoms with van der Waals surface area (Å²) in [5, 5.41) is 0. The molecule has 1 atom stereocenters. The summed E-state index contributed by atoms with van der Waals surface area (Å²) in [6.45, 7) is 0. The molecule has 0 aliphatic rings. The summed E-state index contributed by atoms with van der Waals surface area (Å²) in [7, 11) is 1.93. The van der Waals surface area contributed by atoms with Crippen LogP contribution in [0.2, 0.25) is 0 Å². The Bertz CT molecular complexity index is 374. The molecule has 0 saturated heterocycles. The Hall–Kier alpha value is -1.55. The lowest BCUT2D eigenvalue weighted by Gasteiger charge is -2.05. The highest BCUT2D eigenvalue weighted by molar-refractivity contribution is 5.19. The first kappa shape index (κ1) is 8.07. The molecule has 0 bridgehead atoms. The van der Waals surface area contributed by atoms with Crippen molar-refractivity contribution in [1.82, 2.24) is 14.5 Å². The molecule has 4 heteroatoms. The summed E-state index contributed by atoms with van der Waals surface area (Å²) in [4.78, 5) is 7.26. The molecule has 2 rings (SSSR count). The average molecular weight is 176 g/mol. The zero-order valence-electron chi connectivity index (χ0n) is 7.44. The fourth-order valence-electron chi connectivity index (χ4n) is 1.29. The van der Waals surface area contributed by atoms with Crippen LogP contribution in [0.25, 0.3) is 0 Å². The maximum absolute atomic E-state index is 5.97. The van der Waals surface area contributed by atoms with E-state index < -0.39 is 0 Å². The van der Waals surface area contributed by atoms with Crippen LogP contribution in [0.3, 0.4) is 0 Å². The molecule has 3 N–H and O–H groups in total. The maximum Gasteiger partial charge on any atom is 0.0947 e. The van der Waals surface area contributed by atoms with Gasteiger partial charge in [-0.05, 0) is 12.1 Å². The first-order valence-electron chi connectivity index (χ1n) is 4.14. The molecule has 0 amide bonds. The minimum atomic E-state index is -0.156. The predicted octanol–water partition coefficient (Wildman–Crippen LogP) is 0.796. The molecule has 0 radical (unpaired) electrons. The van der Waals surface area contributed by atoms with Gasteiger partial charge in [0.2, 0.25) is 0 Å². The second-order valence-corrected chi connectivity index (χ2v) is 3.07. The van der Waals surface area contributed by atoms with Crippen LogP contribution in [0.5, 0.6) is 0 Å². The van der Waals surface area contributed by atoms with Crippen molar-refractivity contribution in [2.45, 2.75) is 6.04 Å². The highest BCUT2D eigenvalue weighted by atomic mass is 15.0. The summed E-state index contributed by atoms with van der Waals surface area (Å²) < 4.78 is 1.89. The van der Waals surface area contributed by atoms with Crippen molar-refractivity contribution in [3.05, 3.63) is 42.2 Å². The zero-order valence-corrected chi connectivity index (χ0v) is 7.44. The summed E-state index contributed by atoms with van der Waals surface area (Å²) in [6, 6.07) is 3.73. The lowest BCUT2D eigenvalue weighted by Crippen LogP contribution is -2.12. The molecule has 2 heterocycles. The Labute approximate surface area is 76.4 Å². The lowest BCUT2D eigenvalue weighted by atomic mass is 10.2. The Balaban J connectivity index is 2.28. The van der Waals surface area contributed by atoms with E-state index in [0.717, 1.165) is 11.4 Å². The largest absolute Gasteiger partial charge is 0.363 e. The number of imidazole rings is 1. The number of aromatic amines is 1. The molecular formula is C9H12N4. The molecule has 2 aromatic heterocycles. The molecule has 0 aliphatic heterocycles. The third kappa shape index (κ3) is 1.48. The molecule has 68 valence electrons. The third-order valence-corrected chi connectivity index (χ3v) is 2.00. The quantitative estimate of drug-likeness (QED) is 0.711. The van der Waals surface area contributed by atoms with Crippen molar-refractivity contribution in [3.8, 4) is 0 Å². The first-order valence-corrected chi connectivity index (χ1v) is 4.14. The number of hydrogen-bond acceptors (Lipinski definition) is 2. The van der Waals surface area contributed by atoms with Crippen molar-refractivity contribution in [2.24, 2.45) is 12.8 Å². The van der Waals surface area contributed by atoms with Crippen LogP contribution >= 0.6 is 0 Å². The second-order valence-electron chi connectivity index (χ2n) is 3.07. The van der Waals surface area contributed by atoms with E-state index in [2.05, 4.69) is 9.97 Å². The monoisotopic (exact) mass is 176 g/mol. The van der Waals surface area contributed by atoms with Gasteiger partial charge in [-0.2, -0.15) is 0 Å². The molecule has 2 aromatic rings. The maximum atomic E-state index is 5.97. The van der Waals surface area contributed by atoms with Crippen LogP contribution in [0.4, 0.5) is 0 Å². The minimum Gasteiger partial charge on any atom is -0.363 e. The van der Waals surface area contributed by atoms with Crippen LogP contribution < -0.4 is 5.73 Å². The van der Waals surface area contributed by atoms with Gasteiger partial charge in [0.15, 0.2) is 0 Å². The fourth-order valence-corrected chi connectivity index (χ4v) is 1.29. The number of hydrogen-bond donors (Lipinski definition) is 2. The van der Waals surface area contributed by atoms with Crippen molar-refractivity contribution in [1.29, 1.82) is 0 Å². The van der Waals surface area contributed by atoms with Crippen LogP contribution in [0.1, 0.15) is 17.4 Å². The van der Waals surface area contributed by atoms with Gasteiger partial charge in [-0.1, -0.05) is 0 Å². The fraction of sp³-hybridized carbons (Fsp3) is 0.222. The summed E-state index contributed by atoms with van der Waals surface area (Å²) in [6.07, 6.45) is 5.53. The highest BCUT2D eigenvalue weighted by Gasteiger charge is 2.11. The van der Waals surface area contributed by atoms with Gasteiger partial charge >= 0.3 is 0 Å². The average Bonchev–Trinajstić information content (AvgIpc) is 2.72. The van der Waals surface area contributed by atoms with Gasteiger partial charge in [0.05, 0.1) is 18.1 Å². The van der Waals surface area contributed by atoms with Gasteiger partial charge in [0.1, 0.15) is 0 Å². The van der Waals surface area contributed by atoms with E-state index in [4.69, 9.17) is 5.73 Å². The molecule has 0 aromatic carbocycles. The minimum absolute atomic E-state index is 0.156.